The Hall–Kier alpha value is 0.262. The molecule has 1 heterocycles. The second-order valence-corrected chi connectivity index (χ2v) is 2.06. The minimum atomic E-state index is 0. The fourth-order valence-electron chi connectivity index (χ4n) is 0.470. The van der Waals surface area contributed by atoms with Gasteiger partial charge in [0.05, 0.1) is 5.91 Å². The molecule has 0 radical (unpaired) electrons. The second-order valence-electron chi connectivity index (χ2n) is 2.06. The average molecular weight is 377 g/mol. The Labute approximate surface area is 92.2 Å². The molecular formula is C8H13NOU. The first-order valence-corrected chi connectivity index (χ1v) is 3.32. The minimum Gasteiger partial charge on any atom is -0.442 e. The number of carbonyl (C=O) groups excluding carboxylic acids is 1. The van der Waals surface area contributed by atoms with E-state index >= 15 is 0 Å². The quantitative estimate of drug-likeness (QED) is 0.630. The Balaban J connectivity index is 0. The molecule has 3 heteroatoms. The first-order valence-electron chi connectivity index (χ1n) is 3.32. The van der Waals surface area contributed by atoms with E-state index in [2.05, 4.69) is 11.4 Å². The smallest absolute Gasteiger partial charge is 0.442 e. The van der Waals surface area contributed by atoms with Gasteiger partial charge in [0.25, 0.3) is 0 Å². The third kappa shape index (κ3) is 6.65. The molecule has 1 aliphatic rings. The van der Waals surface area contributed by atoms with Crippen LogP contribution in [-0.4, -0.2) is 12.5 Å². The average Bonchev–Trinajstić information content (AvgIpc) is 2.19. The number of hydrogen-bond donors (Lipinski definition) is 1. The monoisotopic (exact) mass is 377 g/mol. The van der Waals surface area contributed by atoms with Gasteiger partial charge in [-0.15, -0.1) is 0 Å². The molecular weight excluding hydrogens is 364 g/mol. The van der Waals surface area contributed by atoms with E-state index in [4.69, 9.17) is 0 Å². The van der Waals surface area contributed by atoms with Crippen LogP contribution >= 0.6 is 0 Å². The van der Waals surface area contributed by atoms with E-state index in [0.29, 0.717) is 12.1 Å². The molecule has 0 fully saturated rings. The van der Waals surface area contributed by atoms with Crippen molar-refractivity contribution in [2.24, 2.45) is 0 Å². The van der Waals surface area contributed by atoms with Crippen LogP contribution in [0.2, 0.25) is 0 Å². The van der Waals surface area contributed by atoms with Crippen LogP contribution < -0.4 is 5.32 Å². The molecule has 0 bridgehead atoms. The van der Waals surface area contributed by atoms with E-state index in [0.717, 1.165) is 0 Å². The Morgan fingerprint density at radius 1 is 1.55 bits per heavy atom. The standard InChI is InChI=1S/C5H6NO.C3H7.U/c1-4-2-3-6-5(4)7;1-3-2;/h3H2,1H3,(H,6,7);3H,1-2H3;/q2*-1;+2. The van der Waals surface area contributed by atoms with E-state index in [9.17, 15) is 4.79 Å². The normalized spacial score (nSPS) is 13.7. The fraction of sp³-hybridized carbons (Fsp3) is 0.500. The first-order chi connectivity index (χ1) is 4.72. The van der Waals surface area contributed by atoms with Gasteiger partial charge in [0.1, 0.15) is 0 Å². The molecule has 0 aromatic carbocycles. The molecule has 2 nitrogen and oxygen atoms in total. The van der Waals surface area contributed by atoms with Crippen LogP contribution in [0.25, 0.3) is 0 Å². The van der Waals surface area contributed by atoms with Gasteiger partial charge >= 0.3 is 31.1 Å². The van der Waals surface area contributed by atoms with Gasteiger partial charge < -0.3 is 16.5 Å². The molecule has 1 amide bonds. The maximum absolute atomic E-state index is 10.4. The topological polar surface area (TPSA) is 29.1 Å². The summed E-state index contributed by atoms with van der Waals surface area (Å²) in [6.45, 7) is 6.34. The predicted octanol–water partition coefficient (Wildman–Crippen LogP) is 1.10. The molecule has 0 atom stereocenters. The van der Waals surface area contributed by atoms with E-state index < -0.39 is 0 Å². The predicted molar refractivity (Wildman–Crippen MR) is 41.1 cm³/mol. The van der Waals surface area contributed by atoms with Crippen LogP contribution in [0.15, 0.2) is 5.57 Å². The van der Waals surface area contributed by atoms with Crippen molar-refractivity contribution in [3.05, 3.63) is 18.1 Å². The molecule has 0 aliphatic carbocycles. The summed E-state index contributed by atoms with van der Waals surface area (Å²) in [5.74, 6) is 0.0139. The summed E-state index contributed by atoms with van der Waals surface area (Å²) in [5.41, 5.74) is 0.708. The van der Waals surface area contributed by atoms with Crippen LogP contribution in [0.5, 0.6) is 0 Å². The largest absolute Gasteiger partial charge is 2.00 e. The molecule has 0 aromatic rings. The molecule has 1 aliphatic heterocycles. The van der Waals surface area contributed by atoms with E-state index in [-0.39, 0.29) is 37.0 Å². The van der Waals surface area contributed by atoms with Crippen molar-refractivity contribution < 1.29 is 35.9 Å². The van der Waals surface area contributed by atoms with Crippen molar-refractivity contribution >= 4 is 5.91 Å². The summed E-state index contributed by atoms with van der Waals surface area (Å²) >= 11 is 0. The Morgan fingerprint density at radius 2 is 2.00 bits per heavy atom. The fourth-order valence-corrected chi connectivity index (χ4v) is 0.470. The minimum absolute atomic E-state index is 0. The molecule has 11 heavy (non-hydrogen) atoms. The Morgan fingerprint density at radius 3 is 2.09 bits per heavy atom. The number of amides is 1. The van der Waals surface area contributed by atoms with Gasteiger partial charge in [-0.25, -0.2) is 6.08 Å². The van der Waals surface area contributed by atoms with Gasteiger partial charge in [-0.3, -0.25) is 0 Å². The number of hydrogen-bond acceptors (Lipinski definition) is 1. The summed E-state index contributed by atoms with van der Waals surface area (Å²) in [6.07, 6.45) is 4.83. The maximum Gasteiger partial charge on any atom is 2.00 e. The summed E-state index contributed by atoms with van der Waals surface area (Å²) in [5, 5.41) is 2.58. The van der Waals surface area contributed by atoms with Crippen molar-refractivity contribution in [2.75, 3.05) is 6.54 Å². The molecule has 0 unspecified atom stereocenters. The van der Waals surface area contributed by atoms with Crippen molar-refractivity contribution in [3.63, 3.8) is 0 Å². The molecule has 0 aromatic heterocycles. The number of rotatable bonds is 0. The van der Waals surface area contributed by atoms with E-state index in [1.54, 1.807) is 6.92 Å². The van der Waals surface area contributed by atoms with Crippen LogP contribution in [0.1, 0.15) is 20.8 Å². The van der Waals surface area contributed by atoms with E-state index in [1.807, 2.05) is 20.3 Å². The van der Waals surface area contributed by atoms with Crippen LogP contribution in [0.3, 0.4) is 0 Å². The summed E-state index contributed by atoms with van der Waals surface area (Å²) in [6, 6.07) is 0. The molecule has 1 N–H and O–H groups in total. The zero-order valence-electron chi connectivity index (χ0n) is 7.19. The Bertz CT molecular complexity index is 143. The first kappa shape index (κ1) is 13.8. The van der Waals surface area contributed by atoms with Crippen molar-refractivity contribution in [2.45, 2.75) is 20.8 Å². The van der Waals surface area contributed by atoms with Crippen LogP contribution in [-0.2, 0) is 4.79 Å². The SMILES string of the molecule is CC1=[C-]CNC1=O.C[CH-]C.[U+2]. The summed E-state index contributed by atoms with van der Waals surface area (Å²) in [4.78, 5) is 10.4. The van der Waals surface area contributed by atoms with E-state index in [1.165, 1.54) is 0 Å². The van der Waals surface area contributed by atoms with Gasteiger partial charge in [0.2, 0.25) is 0 Å². The number of carbonyl (C=O) groups is 1. The molecule has 1 rings (SSSR count). The van der Waals surface area contributed by atoms with Crippen molar-refractivity contribution in [3.8, 4) is 0 Å². The molecule has 0 spiro atoms. The van der Waals surface area contributed by atoms with Gasteiger partial charge in [-0.05, 0) is 0 Å². The maximum atomic E-state index is 10.4. The summed E-state index contributed by atoms with van der Waals surface area (Å²) < 4.78 is 0. The number of nitrogens with one attached hydrogen (secondary N) is 1. The zero-order valence-corrected chi connectivity index (χ0v) is 11.4. The molecule has 0 saturated carbocycles. The van der Waals surface area contributed by atoms with Gasteiger partial charge in [0, 0.05) is 0 Å². The van der Waals surface area contributed by atoms with Gasteiger partial charge in [-0.2, -0.15) is 19.4 Å². The third-order valence-corrected chi connectivity index (χ3v) is 0.943. The second kappa shape index (κ2) is 8.36. The van der Waals surface area contributed by atoms with Gasteiger partial charge in [-0.1, -0.05) is 13.5 Å². The van der Waals surface area contributed by atoms with Gasteiger partial charge in [0.15, 0.2) is 0 Å². The van der Waals surface area contributed by atoms with Crippen molar-refractivity contribution in [1.82, 2.24) is 5.32 Å². The summed E-state index contributed by atoms with van der Waals surface area (Å²) in [7, 11) is 0. The molecule has 60 valence electrons. The van der Waals surface area contributed by atoms with Crippen LogP contribution in [0, 0.1) is 43.6 Å². The van der Waals surface area contributed by atoms with Crippen molar-refractivity contribution in [1.29, 1.82) is 0 Å². The molecule has 0 saturated heterocycles. The third-order valence-electron chi connectivity index (χ3n) is 0.943. The zero-order chi connectivity index (χ0) is 7.98. The Kier molecular flexibility index (Phi) is 10.5. The van der Waals surface area contributed by atoms with Crippen LogP contribution in [0.4, 0.5) is 0 Å².